The highest BCUT2D eigenvalue weighted by Crippen LogP contribution is 2.29. The Hall–Kier alpha value is -3.22. The van der Waals surface area contributed by atoms with Gasteiger partial charge in [0.1, 0.15) is 11.5 Å². The van der Waals surface area contributed by atoms with Gasteiger partial charge in [0.25, 0.3) is 0 Å². The summed E-state index contributed by atoms with van der Waals surface area (Å²) in [7, 11) is 1.79. The number of nitrogens with one attached hydrogen (secondary N) is 2. The molecule has 0 saturated carbocycles. The van der Waals surface area contributed by atoms with Crippen molar-refractivity contribution >= 4 is 11.8 Å². The van der Waals surface area contributed by atoms with Gasteiger partial charge in [0.15, 0.2) is 0 Å². The van der Waals surface area contributed by atoms with Crippen LogP contribution in [0.1, 0.15) is 38.8 Å². The van der Waals surface area contributed by atoms with E-state index >= 15 is 0 Å². The van der Waals surface area contributed by atoms with E-state index in [-0.39, 0.29) is 17.5 Å². The Kier molecular flexibility index (Phi) is 5.73. The van der Waals surface area contributed by atoms with E-state index in [1.165, 1.54) is 0 Å². The average molecular weight is 378 g/mol. The number of hydrogen-bond acceptors (Lipinski definition) is 4. The summed E-state index contributed by atoms with van der Waals surface area (Å²) in [5, 5.41) is 10.4. The Balaban J connectivity index is 1.74. The van der Waals surface area contributed by atoms with Gasteiger partial charge in [0, 0.05) is 31.7 Å². The summed E-state index contributed by atoms with van der Waals surface area (Å²) in [6.45, 7) is 6.45. The minimum Gasteiger partial charge on any atom is -0.331 e. The lowest BCUT2D eigenvalue weighted by molar-refractivity contribution is 0.241. The van der Waals surface area contributed by atoms with Crippen LogP contribution in [0.2, 0.25) is 0 Å². The lowest BCUT2D eigenvalue weighted by Crippen LogP contribution is -2.35. The molecular weight excluding hydrogens is 352 g/mol. The zero-order valence-electron chi connectivity index (χ0n) is 16.7. The van der Waals surface area contributed by atoms with Gasteiger partial charge in [-0.25, -0.2) is 4.79 Å². The summed E-state index contributed by atoms with van der Waals surface area (Å²) >= 11 is 0. The Labute approximate surface area is 165 Å². The second-order valence-corrected chi connectivity index (χ2v) is 7.96. The zero-order valence-corrected chi connectivity index (χ0v) is 16.7. The molecule has 3 rings (SSSR count). The van der Waals surface area contributed by atoms with Crippen LogP contribution in [0.25, 0.3) is 11.4 Å². The maximum Gasteiger partial charge on any atom is 0.320 e. The first-order valence-corrected chi connectivity index (χ1v) is 9.25. The zero-order chi connectivity index (χ0) is 20.1. The smallest absolute Gasteiger partial charge is 0.320 e. The van der Waals surface area contributed by atoms with Gasteiger partial charge in [-0.1, -0.05) is 32.9 Å². The van der Waals surface area contributed by atoms with E-state index < -0.39 is 0 Å². The summed E-state index contributed by atoms with van der Waals surface area (Å²) in [5.74, 6) is 0.596. The third-order valence-corrected chi connectivity index (χ3v) is 4.26. The lowest BCUT2D eigenvalue weighted by Gasteiger charge is -2.27. The molecule has 0 saturated heterocycles. The van der Waals surface area contributed by atoms with Crippen LogP contribution >= 0.6 is 0 Å². The van der Waals surface area contributed by atoms with Gasteiger partial charge in [-0.05, 0) is 35.6 Å². The van der Waals surface area contributed by atoms with E-state index in [1.54, 1.807) is 30.3 Å². The predicted octanol–water partition coefficient (Wildman–Crippen LogP) is 4.18. The molecule has 3 heterocycles. The van der Waals surface area contributed by atoms with Crippen molar-refractivity contribution in [2.45, 2.75) is 33.2 Å². The highest BCUT2D eigenvalue weighted by molar-refractivity contribution is 5.89. The van der Waals surface area contributed by atoms with E-state index in [0.717, 1.165) is 17.7 Å². The number of aryl methyl sites for hydroxylation is 1. The average Bonchev–Trinajstić information content (AvgIpc) is 3.02. The molecule has 0 radical (unpaired) electrons. The monoisotopic (exact) mass is 378 g/mol. The van der Waals surface area contributed by atoms with Gasteiger partial charge in [0.2, 0.25) is 0 Å². The van der Waals surface area contributed by atoms with E-state index in [9.17, 15) is 4.79 Å². The molecule has 28 heavy (non-hydrogen) atoms. The maximum atomic E-state index is 12.7. The molecule has 0 aliphatic rings. The molecule has 2 N–H and O–H groups in total. The van der Waals surface area contributed by atoms with Crippen molar-refractivity contribution in [3.8, 4) is 11.4 Å². The molecule has 1 atom stereocenters. The fourth-order valence-electron chi connectivity index (χ4n) is 2.98. The fourth-order valence-corrected chi connectivity index (χ4v) is 2.98. The number of aromatic nitrogens is 4. The Morgan fingerprint density at radius 1 is 1.14 bits per heavy atom. The van der Waals surface area contributed by atoms with E-state index in [4.69, 9.17) is 0 Å². The number of anilines is 1. The Bertz CT molecular complexity index is 915. The largest absolute Gasteiger partial charge is 0.331 e. The first kappa shape index (κ1) is 19.5. The van der Waals surface area contributed by atoms with Crippen LogP contribution < -0.4 is 10.6 Å². The Morgan fingerprint density at radius 3 is 2.61 bits per heavy atom. The molecule has 0 fully saturated rings. The fraction of sp³-hybridized carbons (Fsp3) is 0.333. The molecule has 7 nitrogen and oxygen atoms in total. The molecule has 0 aromatic carbocycles. The molecule has 7 heteroatoms. The summed E-state index contributed by atoms with van der Waals surface area (Å²) in [5.41, 5.74) is 2.49. The summed E-state index contributed by atoms with van der Waals surface area (Å²) in [4.78, 5) is 21.2. The third kappa shape index (κ3) is 5.16. The summed E-state index contributed by atoms with van der Waals surface area (Å²) < 4.78 is 1.63. The quantitative estimate of drug-likeness (QED) is 0.698. The number of carbonyl (C=O) groups excluding carboxylic acids is 1. The van der Waals surface area contributed by atoms with Crippen molar-refractivity contribution in [2.24, 2.45) is 12.5 Å². The van der Waals surface area contributed by atoms with Crippen molar-refractivity contribution in [3.05, 3.63) is 60.6 Å². The number of rotatable bonds is 5. The van der Waals surface area contributed by atoms with Crippen LogP contribution in [0.4, 0.5) is 10.6 Å². The summed E-state index contributed by atoms with van der Waals surface area (Å²) in [6.07, 6.45) is 6.03. The first-order chi connectivity index (χ1) is 13.3. The van der Waals surface area contributed by atoms with Gasteiger partial charge in [0.05, 0.1) is 11.7 Å². The molecule has 0 aliphatic heterocycles. The van der Waals surface area contributed by atoms with Crippen LogP contribution in [-0.2, 0) is 7.05 Å². The van der Waals surface area contributed by atoms with Crippen molar-refractivity contribution in [1.29, 1.82) is 0 Å². The van der Waals surface area contributed by atoms with Crippen LogP contribution in [0.5, 0.6) is 0 Å². The van der Waals surface area contributed by atoms with E-state index in [0.29, 0.717) is 11.5 Å². The molecule has 0 spiro atoms. The number of amides is 2. The number of hydrogen-bond donors (Lipinski definition) is 2. The normalized spacial score (nSPS) is 12.4. The molecule has 3 aromatic rings. The van der Waals surface area contributed by atoms with Crippen LogP contribution in [0, 0.1) is 5.41 Å². The topological polar surface area (TPSA) is 84.7 Å². The van der Waals surface area contributed by atoms with Crippen LogP contribution in [0.3, 0.4) is 0 Å². The van der Waals surface area contributed by atoms with E-state index in [2.05, 4.69) is 46.5 Å². The van der Waals surface area contributed by atoms with Crippen LogP contribution in [-0.4, -0.2) is 25.8 Å². The maximum absolute atomic E-state index is 12.7. The van der Waals surface area contributed by atoms with Gasteiger partial charge in [-0.2, -0.15) is 5.10 Å². The van der Waals surface area contributed by atoms with Gasteiger partial charge in [-0.3, -0.25) is 20.0 Å². The van der Waals surface area contributed by atoms with Gasteiger partial charge in [-0.15, -0.1) is 0 Å². The number of pyridine rings is 2. The van der Waals surface area contributed by atoms with Crippen molar-refractivity contribution in [1.82, 2.24) is 25.1 Å². The second kappa shape index (κ2) is 8.21. The number of urea groups is 1. The van der Waals surface area contributed by atoms with Crippen molar-refractivity contribution in [3.63, 3.8) is 0 Å². The minimum absolute atomic E-state index is 0.0481. The second-order valence-electron chi connectivity index (χ2n) is 7.96. The molecule has 146 valence electrons. The first-order valence-electron chi connectivity index (χ1n) is 9.25. The SMILES string of the molecule is Cn1nc(-c2ccccn2)cc1NC(=O)NC(CC(C)(C)C)c1cccnc1. The standard InChI is InChI=1S/C21H26N6O/c1-21(2,3)13-18(15-8-7-10-22-14-15)24-20(28)25-19-12-17(26-27(19)4)16-9-5-6-11-23-16/h5-12,14,18H,13H2,1-4H3,(H2,24,25,28). The molecule has 3 aromatic heterocycles. The summed E-state index contributed by atoms with van der Waals surface area (Å²) in [6, 6.07) is 10.9. The molecule has 1 unspecified atom stereocenters. The molecule has 2 amide bonds. The van der Waals surface area contributed by atoms with Crippen molar-refractivity contribution in [2.75, 3.05) is 5.32 Å². The highest BCUT2D eigenvalue weighted by Gasteiger charge is 2.22. The van der Waals surface area contributed by atoms with Crippen molar-refractivity contribution < 1.29 is 4.79 Å². The van der Waals surface area contributed by atoms with Gasteiger partial charge < -0.3 is 5.32 Å². The predicted molar refractivity (Wildman–Crippen MR) is 110 cm³/mol. The van der Waals surface area contributed by atoms with Crippen LogP contribution in [0.15, 0.2) is 55.0 Å². The molecular formula is C21H26N6O. The third-order valence-electron chi connectivity index (χ3n) is 4.26. The lowest BCUT2D eigenvalue weighted by atomic mass is 9.86. The Morgan fingerprint density at radius 2 is 1.96 bits per heavy atom. The number of carbonyl (C=O) groups is 1. The molecule has 0 aliphatic carbocycles. The van der Waals surface area contributed by atoms with E-state index in [1.807, 2.05) is 36.4 Å². The number of nitrogens with zero attached hydrogens (tertiary/aromatic N) is 4. The van der Waals surface area contributed by atoms with Gasteiger partial charge >= 0.3 is 6.03 Å². The molecule has 0 bridgehead atoms. The highest BCUT2D eigenvalue weighted by atomic mass is 16.2. The minimum atomic E-state index is -0.284.